The molecule has 0 spiro atoms. The maximum Gasteiger partial charge on any atom is 0.132 e. The maximum atomic E-state index is 11.2. The van der Waals surface area contributed by atoms with Crippen LogP contribution in [0.1, 0.15) is 26.2 Å². The van der Waals surface area contributed by atoms with Crippen LogP contribution in [0.25, 0.3) is 10.9 Å². The lowest BCUT2D eigenvalue weighted by molar-refractivity contribution is -0.118. The number of carbonyl (C=O) groups excluding carboxylic acids is 1. The Morgan fingerprint density at radius 1 is 1.35 bits per heavy atom. The van der Waals surface area contributed by atoms with Gasteiger partial charge >= 0.3 is 0 Å². The van der Waals surface area contributed by atoms with E-state index in [-0.39, 0.29) is 0 Å². The second-order valence-corrected chi connectivity index (χ2v) is 4.58. The summed E-state index contributed by atoms with van der Waals surface area (Å²) >= 11 is 6.11. The van der Waals surface area contributed by atoms with Crippen LogP contribution in [-0.4, -0.2) is 10.4 Å². The van der Waals surface area contributed by atoms with Crippen molar-refractivity contribution in [2.24, 2.45) is 0 Å². The minimum atomic E-state index is 0.333. The highest BCUT2D eigenvalue weighted by Gasteiger charge is 2.04. The average Bonchev–Trinajstić information content (AvgIpc) is 2.74. The first kappa shape index (κ1) is 12.2. The molecule has 90 valence electrons. The molecule has 1 heterocycles. The Morgan fingerprint density at radius 3 is 2.94 bits per heavy atom. The third-order valence-electron chi connectivity index (χ3n) is 3.01. The van der Waals surface area contributed by atoms with E-state index in [4.69, 9.17) is 11.6 Å². The lowest BCUT2D eigenvalue weighted by atomic mass is 10.2. The first-order chi connectivity index (χ1) is 8.22. The van der Waals surface area contributed by atoms with Gasteiger partial charge in [-0.3, -0.25) is 4.79 Å². The molecule has 0 saturated carbocycles. The van der Waals surface area contributed by atoms with E-state index >= 15 is 0 Å². The normalized spacial score (nSPS) is 10.9. The van der Waals surface area contributed by atoms with E-state index in [0.29, 0.717) is 18.6 Å². The molecule has 2 nitrogen and oxygen atoms in total. The van der Waals surface area contributed by atoms with Crippen LogP contribution in [0, 0.1) is 0 Å². The molecule has 0 radical (unpaired) electrons. The van der Waals surface area contributed by atoms with Crippen molar-refractivity contribution in [2.45, 2.75) is 32.7 Å². The lowest BCUT2D eigenvalue weighted by Gasteiger charge is -2.05. The van der Waals surface area contributed by atoms with Gasteiger partial charge in [-0.25, -0.2) is 0 Å². The number of carbonyl (C=O) groups is 1. The minimum Gasteiger partial charge on any atom is -0.347 e. The maximum absolute atomic E-state index is 11.2. The fourth-order valence-corrected chi connectivity index (χ4v) is 2.24. The first-order valence-electron chi connectivity index (χ1n) is 5.97. The highest BCUT2D eigenvalue weighted by Crippen LogP contribution is 2.24. The van der Waals surface area contributed by atoms with Gasteiger partial charge in [0.05, 0.1) is 0 Å². The Kier molecular flexibility index (Phi) is 3.85. The summed E-state index contributed by atoms with van der Waals surface area (Å²) in [7, 11) is 0. The highest BCUT2D eigenvalue weighted by molar-refractivity contribution is 6.35. The number of benzene rings is 1. The quantitative estimate of drug-likeness (QED) is 0.784. The summed E-state index contributed by atoms with van der Waals surface area (Å²) in [5.74, 6) is 0.333. The van der Waals surface area contributed by atoms with Crippen LogP contribution in [0.2, 0.25) is 5.02 Å². The van der Waals surface area contributed by atoms with E-state index in [2.05, 4.69) is 10.6 Å². The molecule has 0 bridgehead atoms. The molecule has 0 amide bonds. The van der Waals surface area contributed by atoms with Gasteiger partial charge in [0, 0.05) is 41.5 Å². The molecule has 17 heavy (non-hydrogen) atoms. The van der Waals surface area contributed by atoms with Gasteiger partial charge in [0.1, 0.15) is 5.78 Å². The monoisotopic (exact) mass is 249 g/mol. The molecule has 0 saturated heterocycles. The van der Waals surface area contributed by atoms with E-state index in [0.717, 1.165) is 28.9 Å². The standard InChI is InChI=1S/C14H16ClNO/c1-2-11(17)5-4-9-16-10-8-12-13(15)6-3-7-14(12)16/h3,6-8,10H,2,4-5,9H2,1H3. The summed E-state index contributed by atoms with van der Waals surface area (Å²) < 4.78 is 2.16. The molecule has 1 aromatic carbocycles. The fourth-order valence-electron chi connectivity index (χ4n) is 2.00. The van der Waals surface area contributed by atoms with Crippen molar-refractivity contribution >= 4 is 28.3 Å². The fraction of sp³-hybridized carbons (Fsp3) is 0.357. The Bertz CT molecular complexity index is 530. The second-order valence-electron chi connectivity index (χ2n) is 4.18. The number of ketones is 1. The van der Waals surface area contributed by atoms with Gasteiger partial charge in [-0.1, -0.05) is 24.6 Å². The van der Waals surface area contributed by atoms with Gasteiger partial charge in [0.15, 0.2) is 0 Å². The predicted molar refractivity (Wildman–Crippen MR) is 71.5 cm³/mol. The summed E-state index contributed by atoms with van der Waals surface area (Å²) in [6, 6.07) is 7.94. The van der Waals surface area contributed by atoms with Crippen molar-refractivity contribution in [2.75, 3.05) is 0 Å². The molecule has 0 N–H and O–H groups in total. The molecule has 0 aliphatic rings. The van der Waals surface area contributed by atoms with E-state index in [1.807, 2.05) is 31.3 Å². The van der Waals surface area contributed by atoms with Crippen molar-refractivity contribution in [3.8, 4) is 0 Å². The zero-order chi connectivity index (χ0) is 12.3. The van der Waals surface area contributed by atoms with Gasteiger partial charge in [-0.15, -0.1) is 0 Å². The molecule has 1 aromatic heterocycles. The molecule has 3 heteroatoms. The summed E-state index contributed by atoms with van der Waals surface area (Å²) in [5.41, 5.74) is 1.14. The molecule has 2 aromatic rings. The van der Waals surface area contributed by atoms with Crippen LogP contribution in [0.3, 0.4) is 0 Å². The Labute approximate surface area is 106 Å². The van der Waals surface area contributed by atoms with Crippen LogP contribution in [-0.2, 0) is 11.3 Å². The number of Topliss-reactive ketones (excluding diaryl/α,β-unsaturated/α-hetero) is 1. The molecule has 0 aliphatic carbocycles. The number of halogens is 1. The third-order valence-corrected chi connectivity index (χ3v) is 3.34. The molecule has 0 fully saturated rings. The van der Waals surface area contributed by atoms with Gasteiger partial charge in [0.2, 0.25) is 0 Å². The summed E-state index contributed by atoms with van der Waals surface area (Å²) in [4.78, 5) is 11.2. The number of aryl methyl sites for hydroxylation is 1. The van der Waals surface area contributed by atoms with Gasteiger partial charge < -0.3 is 4.57 Å². The Morgan fingerprint density at radius 2 is 2.18 bits per heavy atom. The number of nitrogens with zero attached hydrogens (tertiary/aromatic N) is 1. The van der Waals surface area contributed by atoms with Crippen LogP contribution in [0.15, 0.2) is 30.5 Å². The topological polar surface area (TPSA) is 22.0 Å². The zero-order valence-electron chi connectivity index (χ0n) is 9.95. The molecule has 2 rings (SSSR count). The minimum absolute atomic E-state index is 0.333. The SMILES string of the molecule is CCC(=O)CCCn1ccc2c(Cl)cccc21. The Balaban J connectivity index is 2.09. The van der Waals surface area contributed by atoms with Crippen molar-refractivity contribution < 1.29 is 4.79 Å². The number of hydrogen-bond acceptors (Lipinski definition) is 1. The largest absolute Gasteiger partial charge is 0.347 e. The average molecular weight is 250 g/mol. The third kappa shape index (κ3) is 2.70. The first-order valence-corrected chi connectivity index (χ1v) is 6.35. The van der Waals surface area contributed by atoms with Crippen LogP contribution < -0.4 is 0 Å². The van der Waals surface area contributed by atoms with Crippen LogP contribution in [0.5, 0.6) is 0 Å². The summed E-state index contributed by atoms with van der Waals surface area (Å²) in [5, 5.41) is 1.86. The summed E-state index contributed by atoms with van der Waals surface area (Å²) in [6.45, 7) is 2.78. The second kappa shape index (κ2) is 5.37. The van der Waals surface area contributed by atoms with E-state index in [1.165, 1.54) is 0 Å². The molecular formula is C14H16ClNO. The number of aromatic nitrogens is 1. The zero-order valence-corrected chi connectivity index (χ0v) is 10.7. The Hall–Kier alpha value is -1.28. The lowest BCUT2D eigenvalue weighted by Crippen LogP contribution is -2.00. The highest BCUT2D eigenvalue weighted by atomic mass is 35.5. The van der Waals surface area contributed by atoms with Crippen molar-refractivity contribution in [1.82, 2.24) is 4.57 Å². The van der Waals surface area contributed by atoms with E-state index in [1.54, 1.807) is 0 Å². The van der Waals surface area contributed by atoms with Crippen LogP contribution in [0.4, 0.5) is 0 Å². The number of fused-ring (bicyclic) bond motifs is 1. The van der Waals surface area contributed by atoms with Crippen LogP contribution >= 0.6 is 11.6 Å². The van der Waals surface area contributed by atoms with Gasteiger partial charge in [-0.05, 0) is 24.6 Å². The number of rotatable bonds is 5. The molecular weight excluding hydrogens is 234 g/mol. The van der Waals surface area contributed by atoms with Crippen molar-refractivity contribution in [1.29, 1.82) is 0 Å². The smallest absolute Gasteiger partial charge is 0.132 e. The van der Waals surface area contributed by atoms with Crippen molar-refractivity contribution in [3.05, 3.63) is 35.5 Å². The van der Waals surface area contributed by atoms with E-state index < -0.39 is 0 Å². The van der Waals surface area contributed by atoms with Crippen molar-refractivity contribution in [3.63, 3.8) is 0 Å². The molecule has 0 unspecified atom stereocenters. The summed E-state index contributed by atoms with van der Waals surface area (Å²) in [6.07, 6.45) is 4.23. The predicted octanol–water partition coefficient (Wildman–Crippen LogP) is 4.05. The number of hydrogen-bond donors (Lipinski definition) is 0. The molecule has 0 aliphatic heterocycles. The molecule has 0 atom stereocenters. The van der Waals surface area contributed by atoms with Gasteiger partial charge in [0.25, 0.3) is 0 Å². The van der Waals surface area contributed by atoms with Gasteiger partial charge in [-0.2, -0.15) is 0 Å². The van der Waals surface area contributed by atoms with E-state index in [9.17, 15) is 4.79 Å².